The van der Waals surface area contributed by atoms with Crippen LogP contribution in [0.25, 0.3) is 0 Å². The third-order valence-corrected chi connectivity index (χ3v) is 9.38. The maximum absolute atomic E-state index is 13.1. The van der Waals surface area contributed by atoms with Crippen molar-refractivity contribution in [3.63, 3.8) is 0 Å². The molecule has 4 rings (SSSR count). The number of esters is 1. The molecule has 4 atom stereocenters. The first-order valence-electron chi connectivity index (χ1n) is 14.8. The van der Waals surface area contributed by atoms with Gasteiger partial charge in [-0.1, -0.05) is 43.0 Å². The van der Waals surface area contributed by atoms with E-state index in [2.05, 4.69) is 28.4 Å². The van der Waals surface area contributed by atoms with E-state index in [9.17, 15) is 14.4 Å². The number of benzene rings is 1. The summed E-state index contributed by atoms with van der Waals surface area (Å²) in [6, 6.07) is 8.33. The minimum Gasteiger partial charge on any atom is -0.462 e. The Bertz CT molecular complexity index is 969. The van der Waals surface area contributed by atoms with Crippen LogP contribution in [0, 0.1) is 11.3 Å². The largest absolute Gasteiger partial charge is 0.462 e. The summed E-state index contributed by atoms with van der Waals surface area (Å²) in [6.45, 7) is 4.73. The highest BCUT2D eigenvalue weighted by molar-refractivity contribution is 6.30. The van der Waals surface area contributed by atoms with Crippen molar-refractivity contribution in [2.75, 3.05) is 26.2 Å². The molecule has 3 unspecified atom stereocenters. The summed E-state index contributed by atoms with van der Waals surface area (Å²) >= 11 is 6.25. The Morgan fingerprint density at radius 1 is 1.08 bits per heavy atom. The van der Waals surface area contributed by atoms with Gasteiger partial charge in [0.15, 0.2) is 5.78 Å². The number of hydrogen-bond acceptors (Lipinski definition) is 5. The van der Waals surface area contributed by atoms with E-state index in [0.29, 0.717) is 18.3 Å². The van der Waals surface area contributed by atoms with Gasteiger partial charge in [0.25, 0.3) is 0 Å². The molecule has 1 N–H and O–H groups in total. The van der Waals surface area contributed by atoms with Gasteiger partial charge in [0.05, 0.1) is 12.0 Å². The van der Waals surface area contributed by atoms with E-state index in [1.165, 1.54) is 31.7 Å². The molecule has 1 spiro atoms. The normalized spacial score (nSPS) is 28.8. The Labute approximate surface area is 233 Å². The van der Waals surface area contributed by atoms with Crippen LogP contribution in [0.5, 0.6) is 0 Å². The van der Waals surface area contributed by atoms with Crippen molar-refractivity contribution >= 4 is 29.3 Å². The number of amides is 1. The number of carbonyl (C=O) groups excluding carboxylic acids is 3. The lowest BCUT2D eigenvalue weighted by atomic mass is 9.77. The standard InChI is InChI=1S/C31H45ClN2O4/c1-23(35)33-22-28(36)11-10-24-6-5-15-31(16-12-24)21-29(38-30(31)37)14-19-34-17-3-2-7-25(13-18-34)26-8-4-9-27(32)20-26/h4,8-9,20,24-25,29H,2-3,5-7,10-19,21-22H2,1H3,(H,33,35)/t24?,25?,29-,31?/m0/s1. The van der Waals surface area contributed by atoms with Crippen LogP contribution in [0.4, 0.5) is 0 Å². The number of nitrogens with zero attached hydrogens (tertiary/aromatic N) is 1. The Kier molecular flexibility index (Phi) is 10.7. The summed E-state index contributed by atoms with van der Waals surface area (Å²) in [5.41, 5.74) is 1.03. The van der Waals surface area contributed by atoms with Gasteiger partial charge in [-0.15, -0.1) is 0 Å². The highest BCUT2D eigenvalue weighted by Crippen LogP contribution is 2.47. The molecule has 6 nitrogen and oxygen atoms in total. The fourth-order valence-electron chi connectivity index (χ4n) is 6.82. The molecular formula is C31H45ClN2O4. The quantitative estimate of drug-likeness (QED) is 0.382. The summed E-state index contributed by atoms with van der Waals surface area (Å²) in [7, 11) is 0. The van der Waals surface area contributed by atoms with Crippen molar-refractivity contribution in [3.05, 3.63) is 34.9 Å². The number of carbonyl (C=O) groups is 3. The van der Waals surface area contributed by atoms with Gasteiger partial charge in [-0.25, -0.2) is 0 Å². The number of halogens is 1. The van der Waals surface area contributed by atoms with E-state index < -0.39 is 0 Å². The van der Waals surface area contributed by atoms with E-state index in [1.807, 2.05) is 6.07 Å². The molecule has 2 heterocycles. The first-order chi connectivity index (χ1) is 18.3. The molecule has 7 heteroatoms. The maximum atomic E-state index is 13.1. The second-order valence-corrected chi connectivity index (χ2v) is 12.4. The predicted octanol–water partition coefficient (Wildman–Crippen LogP) is 6.06. The van der Waals surface area contributed by atoms with Crippen LogP contribution < -0.4 is 5.32 Å². The smallest absolute Gasteiger partial charge is 0.312 e. The fraction of sp³-hybridized carbons (Fsp3) is 0.710. The molecule has 0 aromatic heterocycles. The van der Waals surface area contributed by atoms with Crippen LogP contribution in [0.3, 0.4) is 0 Å². The summed E-state index contributed by atoms with van der Waals surface area (Å²) in [5.74, 6) is 0.956. The van der Waals surface area contributed by atoms with Crippen LogP contribution in [-0.4, -0.2) is 54.8 Å². The van der Waals surface area contributed by atoms with Crippen molar-refractivity contribution in [2.24, 2.45) is 11.3 Å². The average Bonchev–Trinajstić information content (AvgIpc) is 3.03. The van der Waals surface area contributed by atoms with Crippen molar-refractivity contribution in [3.8, 4) is 0 Å². The van der Waals surface area contributed by atoms with E-state index >= 15 is 0 Å². The number of likely N-dealkylation sites (tertiary alicyclic amines) is 1. The third-order valence-electron chi connectivity index (χ3n) is 9.15. The molecular weight excluding hydrogens is 500 g/mol. The number of cyclic esters (lactones) is 1. The van der Waals surface area contributed by atoms with E-state index in [0.717, 1.165) is 82.4 Å². The highest BCUT2D eigenvalue weighted by atomic mass is 35.5. The maximum Gasteiger partial charge on any atom is 0.312 e. The zero-order valence-corrected chi connectivity index (χ0v) is 23.8. The number of Topliss-reactive ketones (excluding diaryl/α,β-unsaturated/α-hetero) is 1. The number of nitrogens with one attached hydrogen (secondary N) is 1. The Balaban J connectivity index is 1.22. The Morgan fingerprint density at radius 2 is 1.95 bits per heavy atom. The van der Waals surface area contributed by atoms with Crippen molar-refractivity contribution in [1.82, 2.24) is 10.2 Å². The number of ketones is 1. The summed E-state index contributed by atoms with van der Waals surface area (Å²) in [5, 5.41) is 3.41. The van der Waals surface area contributed by atoms with Gasteiger partial charge in [-0.3, -0.25) is 14.4 Å². The molecule has 1 aliphatic carbocycles. The van der Waals surface area contributed by atoms with Crippen molar-refractivity contribution in [2.45, 2.75) is 102 Å². The monoisotopic (exact) mass is 544 g/mol. The summed E-state index contributed by atoms with van der Waals surface area (Å²) < 4.78 is 5.97. The molecule has 0 radical (unpaired) electrons. The van der Waals surface area contributed by atoms with E-state index in [4.69, 9.17) is 16.3 Å². The minimum absolute atomic E-state index is 0.0126. The highest BCUT2D eigenvalue weighted by Gasteiger charge is 2.49. The van der Waals surface area contributed by atoms with Gasteiger partial charge in [0.2, 0.25) is 5.91 Å². The Morgan fingerprint density at radius 3 is 2.76 bits per heavy atom. The van der Waals surface area contributed by atoms with Crippen LogP contribution in [-0.2, 0) is 19.1 Å². The van der Waals surface area contributed by atoms with Crippen LogP contribution in [0.2, 0.25) is 5.02 Å². The molecule has 1 aromatic carbocycles. The van der Waals surface area contributed by atoms with Crippen LogP contribution in [0.15, 0.2) is 24.3 Å². The average molecular weight is 545 g/mol. The fourth-order valence-corrected chi connectivity index (χ4v) is 7.01. The lowest BCUT2D eigenvalue weighted by molar-refractivity contribution is -0.149. The first kappa shape index (κ1) is 29.1. The number of ether oxygens (including phenoxy) is 1. The molecule has 3 aliphatic rings. The first-order valence-corrected chi connectivity index (χ1v) is 15.2. The van der Waals surface area contributed by atoms with Gasteiger partial charge in [-0.2, -0.15) is 0 Å². The zero-order chi connectivity index (χ0) is 27.0. The zero-order valence-electron chi connectivity index (χ0n) is 23.0. The van der Waals surface area contributed by atoms with Gasteiger partial charge in [-0.05, 0) is 94.0 Å². The second kappa shape index (κ2) is 13.9. The van der Waals surface area contributed by atoms with E-state index in [-0.39, 0.29) is 35.7 Å². The van der Waals surface area contributed by atoms with Gasteiger partial charge < -0.3 is 15.0 Å². The SMILES string of the molecule is CC(=O)NCC(=O)CCC1CCCC2(CC1)C[C@H](CCN1CCCCC(c3cccc(Cl)c3)CC1)OC2=O. The molecule has 1 saturated carbocycles. The molecule has 2 aliphatic heterocycles. The van der Waals surface area contributed by atoms with E-state index in [1.54, 1.807) is 0 Å². The lowest BCUT2D eigenvalue weighted by Crippen LogP contribution is -2.32. The molecule has 1 amide bonds. The van der Waals surface area contributed by atoms with Gasteiger partial charge >= 0.3 is 5.97 Å². The topological polar surface area (TPSA) is 75.7 Å². The summed E-state index contributed by atoms with van der Waals surface area (Å²) in [4.78, 5) is 38.7. The molecule has 1 aromatic rings. The molecule has 3 fully saturated rings. The molecule has 38 heavy (non-hydrogen) atoms. The second-order valence-electron chi connectivity index (χ2n) is 12.0. The van der Waals surface area contributed by atoms with Gasteiger partial charge in [0.1, 0.15) is 6.10 Å². The molecule has 0 bridgehead atoms. The van der Waals surface area contributed by atoms with Crippen molar-refractivity contribution < 1.29 is 19.1 Å². The molecule has 210 valence electrons. The minimum atomic E-state index is -0.326. The van der Waals surface area contributed by atoms with Crippen LogP contribution >= 0.6 is 11.6 Å². The lowest BCUT2D eigenvalue weighted by Gasteiger charge is -2.29. The van der Waals surface area contributed by atoms with Crippen LogP contribution in [0.1, 0.15) is 102 Å². The Hall–Kier alpha value is -1.92. The number of hydrogen-bond donors (Lipinski definition) is 1. The van der Waals surface area contributed by atoms with Crippen molar-refractivity contribution in [1.29, 1.82) is 0 Å². The molecule has 2 saturated heterocycles. The van der Waals surface area contributed by atoms with Gasteiger partial charge in [0, 0.05) is 31.3 Å². The predicted molar refractivity (Wildman–Crippen MR) is 150 cm³/mol. The summed E-state index contributed by atoms with van der Waals surface area (Å²) in [6.07, 6.45) is 12.8. The number of rotatable bonds is 9. The third kappa shape index (κ3) is 8.29.